The summed E-state index contributed by atoms with van der Waals surface area (Å²) >= 11 is 0. The Kier molecular flexibility index (Phi) is 12.2. The van der Waals surface area contributed by atoms with E-state index in [1.54, 1.807) is 0 Å². The number of hydrogen-bond donors (Lipinski definition) is 0. The number of fused-ring (bicyclic) bond motifs is 8. The fourth-order valence-corrected chi connectivity index (χ4v) is 13.6. The van der Waals surface area contributed by atoms with Crippen molar-refractivity contribution in [1.29, 1.82) is 0 Å². The summed E-state index contributed by atoms with van der Waals surface area (Å²) in [5, 5.41) is 2.05. The smallest absolute Gasteiger partial charge is 0.268 e. The van der Waals surface area contributed by atoms with Crippen LogP contribution in [0.3, 0.4) is 0 Å². The Bertz CT molecular complexity index is 3960. The Labute approximate surface area is 476 Å². The quantitative estimate of drug-likeness (QED) is 0.118. The zero-order valence-electron chi connectivity index (χ0n) is 47.5. The molecule has 6 heteroatoms. The third-order valence-corrected chi connectivity index (χ3v) is 18.7. The van der Waals surface area contributed by atoms with Crippen molar-refractivity contribution in [2.24, 2.45) is 0 Å². The van der Waals surface area contributed by atoms with E-state index in [0.717, 1.165) is 122 Å². The maximum atomic E-state index is 7.57. The first-order valence-electron chi connectivity index (χ1n) is 28.1. The zero-order valence-corrected chi connectivity index (χ0v) is 49.8. The Morgan fingerprint density at radius 2 is 1.08 bits per heavy atom. The second-order valence-corrected chi connectivity index (χ2v) is 26.7. The van der Waals surface area contributed by atoms with Crippen LogP contribution in [-0.4, -0.2) is 9.55 Å². The maximum absolute atomic E-state index is 7.57. The fourth-order valence-electron chi connectivity index (χ4n) is 13.6. The molecule has 0 aliphatic heterocycles. The van der Waals surface area contributed by atoms with Gasteiger partial charge < -0.3 is 18.7 Å². The molecule has 0 atom stereocenters. The van der Waals surface area contributed by atoms with Crippen molar-refractivity contribution >= 4 is 33.0 Å². The summed E-state index contributed by atoms with van der Waals surface area (Å²) in [6, 6.07) is 56.1. The van der Waals surface area contributed by atoms with Gasteiger partial charge in [-0.25, -0.2) is 0 Å². The number of nitrogens with zero attached hydrogens (tertiary/aromatic N) is 3. The minimum Gasteiger partial charge on any atom is -0.519 e. The van der Waals surface area contributed by atoms with Crippen molar-refractivity contribution < 1.29 is 34.8 Å². The first-order chi connectivity index (χ1) is 36.6. The number of ether oxygens (including phenoxy) is 1. The molecule has 0 saturated carbocycles. The van der Waals surface area contributed by atoms with Crippen LogP contribution in [0.5, 0.6) is 11.5 Å². The van der Waals surface area contributed by atoms with E-state index in [0.29, 0.717) is 5.75 Å². The van der Waals surface area contributed by atoms with Crippen molar-refractivity contribution in [2.45, 2.75) is 154 Å². The van der Waals surface area contributed by atoms with Crippen LogP contribution >= 0.6 is 0 Å². The summed E-state index contributed by atoms with van der Waals surface area (Å²) in [6.45, 7) is 28.6. The summed E-state index contributed by atoms with van der Waals surface area (Å²) in [4.78, 5) is 5.27. The molecular formula is C72H71N3O2Pt-2. The van der Waals surface area contributed by atoms with Crippen LogP contribution < -0.4 is 9.30 Å². The molecule has 0 radical (unpaired) electrons. The summed E-state index contributed by atoms with van der Waals surface area (Å²) in [7, 11) is 0. The predicted octanol–water partition coefficient (Wildman–Crippen LogP) is 18.4. The number of imidazole rings is 1. The van der Waals surface area contributed by atoms with E-state index in [9.17, 15) is 0 Å². The molecule has 10 aromatic rings. The number of hydrogen-bond acceptors (Lipinski definition) is 3. The number of para-hydroxylation sites is 3. The maximum Gasteiger partial charge on any atom is 0.268 e. The van der Waals surface area contributed by atoms with Gasteiger partial charge in [0, 0.05) is 55.3 Å². The van der Waals surface area contributed by atoms with Crippen LogP contribution in [0.15, 0.2) is 144 Å². The summed E-state index contributed by atoms with van der Waals surface area (Å²) in [5.41, 5.74) is 19.3. The Morgan fingerprint density at radius 3 is 1.73 bits per heavy atom. The van der Waals surface area contributed by atoms with Gasteiger partial charge in [0.15, 0.2) is 0 Å². The molecule has 3 aliphatic rings. The molecule has 0 amide bonds. The van der Waals surface area contributed by atoms with Crippen molar-refractivity contribution in [3.05, 3.63) is 191 Å². The predicted molar refractivity (Wildman–Crippen MR) is 315 cm³/mol. The molecule has 0 fully saturated rings. The summed E-state index contributed by atoms with van der Waals surface area (Å²) in [5.74, 6) is 1.32. The van der Waals surface area contributed by atoms with Crippen molar-refractivity contribution in [2.75, 3.05) is 0 Å². The van der Waals surface area contributed by atoms with Gasteiger partial charge >= 0.3 is 0 Å². The fraction of sp³-hybridized carbons (Fsp3) is 0.333. The second-order valence-electron chi connectivity index (χ2n) is 26.7. The van der Waals surface area contributed by atoms with E-state index >= 15 is 0 Å². The third kappa shape index (κ3) is 8.35. The molecule has 7 aromatic carbocycles. The number of aromatic nitrogens is 3. The first kappa shape index (κ1) is 52.2. The topological polar surface area (TPSA) is 44.1 Å². The summed E-state index contributed by atoms with van der Waals surface area (Å²) < 4.78 is 19.5. The molecule has 0 bridgehead atoms. The molecule has 5 nitrogen and oxygen atoms in total. The Hall–Kier alpha value is -6.55. The minimum atomic E-state index is -0.185. The third-order valence-electron chi connectivity index (χ3n) is 18.7. The van der Waals surface area contributed by atoms with E-state index in [1.165, 1.54) is 33.4 Å². The molecule has 0 spiro atoms. The van der Waals surface area contributed by atoms with Crippen molar-refractivity contribution in [1.82, 2.24) is 9.55 Å². The van der Waals surface area contributed by atoms with Gasteiger partial charge in [0.05, 0.1) is 16.7 Å². The Balaban J connectivity index is 0.00000609. The van der Waals surface area contributed by atoms with Gasteiger partial charge in [0.25, 0.3) is 6.33 Å². The molecule has 13 rings (SSSR count). The van der Waals surface area contributed by atoms with E-state index in [4.69, 9.17) is 14.1 Å². The molecule has 3 heterocycles. The second kappa shape index (κ2) is 18.2. The average Bonchev–Trinajstić information content (AvgIpc) is 4.20. The van der Waals surface area contributed by atoms with Crippen LogP contribution in [0, 0.1) is 18.5 Å². The molecule has 0 N–H and O–H groups in total. The molecule has 0 unspecified atom stereocenters. The van der Waals surface area contributed by atoms with Gasteiger partial charge in [0.1, 0.15) is 5.58 Å². The van der Waals surface area contributed by atoms with E-state index < -0.39 is 0 Å². The monoisotopic (exact) mass is 1200 g/mol. The average molecular weight is 1210 g/mol. The first-order valence-corrected chi connectivity index (χ1v) is 28.1. The van der Waals surface area contributed by atoms with Gasteiger partial charge in [-0.2, -0.15) is 0 Å². The van der Waals surface area contributed by atoms with Gasteiger partial charge in [-0.15, -0.1) is 29.3 Å². The standard InChI is InChI=1S/C72H71N3O2.Pt/c1-67(2)34-37-72(11,12)63-53(67)31-30-51-52-40-48(76-61-39-47(38-55-62(61)71(9,10)36-35-69(55,5)6)57-42-54-56(43-73-57)70(7,8)33-32-68(54,3)4)41-60(65(52)77-66(51)63)74-44-75(59-29-20-19-28-58(59)74)64-49(45-22-15-13-16-23-45)26-21-27-50(64)46-24-17-14-18-25-46;/h13-31,38,40,42-43H,32-37H2,1-12H3;/q-2;. The molecule has 3 aromatic heterocycles. The van der Waals surface area contributed by atoms with Gasteiger partial charge in [-0.3, -0.25) is 4.57 Å². The zero-order chi connectivity index (χ0) is 53.6. The SMILES string of the molecule is CC1(C)CCC(C)(C)c2cc(-c3[c-]c(Oc4[c-]c(-[n+]5[c-]n(-c6c(-c7ccccc7)cccc6-c6ccccc6)c6ccccc65)c5oc6c7c(ccc6c5c4)C(C)(C)CCC7(C)C)c4c(c3)C(C)(C)CCC4(C)C)ncc21.[Pt]. The molecule has 0 saturated heterocycles. The molecule has 398 valence electrons. The van der Waals surface area contributed by atoms with Crippen LogP contribution in [0.4, 0.5) is 0 Å². The van der Waals surface area contributed by atoms with Crippen molar-refractivity contribution in [3.8, 4) is 56.4 Å². The van der Waals surface area contributed by atoms with Crippen LogP contribution in [0.1, 0.15) is 155 Å². The van der Waals surface area contributed by atoms with E-state index in [1.807, 2.05) is 0 Å². The number of benzene rings is 7. The van der Waals surface area contributed by atoms with E-state index in [-0.39, 0.29) is 53.6 Å². The number of rotatable bonds is 7. The Morgan fingerprint density at radius 1 is 0.513 bits per heavy atom. The number of furan rings is 1. The largest absolute Gasteiger partial charge is 0.519 e. The van der Waals surface area contributed by atoms with Crippen LogP contribution in [-0.2, 0) is 53.6 Å². The van der Waals surface area contributed by atoms with E-state index in [2.05, 4.69) is 250 Å². The molecular weight excluding hydrogens is 1130 g/mol. The van der Waals surface area contributed by atoms with Gasteiger partial charge in [0.2, 0.25) is 0 Å². The van der Waals surface area contributed by atoms with Gasteiger partial charge in [-0.1, -0.05) is 228 Å². The molecule has 3 aliphatic carbocycles. The van der Waals surface area contributed by atoms with Crippen LogP contribution in [0.25, 0.3) is 77.9 Å². The van der Waals surface area contributed by atoms with Crippen LogP contribution in [0.2, 0.25) is 0 Å². The molecule has 78 heavy (non-hydrogen) atoms. The van der Waals surface area contributed by atoms with Gasteiger partial charge in [-0.05, 0) is 115 Å². The summed E-state index contributed by atoms with van der Waals surface area (Å²) in [6.07, 6.45) is 12.6. The van der Waals surface area contributed by atoms with Crippen molar-refractivity contribution in [3.63, 3.8) is 0 Å². The normalized spacial score (nSPS) is 18.2. The minimum absolute atomic E-state index is 0. The number of pyridine rings is 1.